The average molecular weight is 257 g/mol. The molecule has 0 aliphatic carbocycles. The van der Waals surface area contributed by atoms with Crippen molar-refractivity contribution in [2.75, 3.05) is 18.5 Å². The van der Waals surface area contributed by atoms with Crippen LogP contribution >= 0.6 is 11.5 Å². The second-order valence-electron chi connectivity index (χ2n) is 5.34. The van der Waals surface area contributed by atoms with Crippen molar-refractivity contribution in [3.63, 3.8) is 0 Å². The molecule has 4 nitrogen and oxygen atoms in total. The highest BCUT2D eigenvalue weighted by Crippen LogP contribution is 2.20. The minimum absolute atomic E-state index is 0.323. The van der Waals surface area contributed by atoms with Crippen LogP contribution in [0.15, 0.2) is 0 Å². The predicted molar refractivity (Wildman–Crippen MR) is 72.4 cm³/mol. The monoisotopic (exact) mass is 257 g/mol. The molecule has 0 bridgehead atoms. The maximum atomic E-state index is 5.64. The normalized spacial score (nSPS) is 11.8. The first kappa shape index (κ1) is 14.4. The lowest BCUT2D eigenvalue weighted by Gasteiger charge is -2.17. The number of aromatic nitrogens is 2. The largest absolute Gasteiger partial charge is 0.375 e. The first-order valence-electron chi connectivity index (χ1n) is 6.16. The summed E-state index contributed by atoms with van der Waals surface area (Å²) in [6.45, 7) is 11.1. The summed E-state index contributed by atoms with van der Waals surface area (Å²) in [4.78, 5) is 0. The highest BCUT2D eigenvalue weighted by atomic mass is 32.1. The van der Waals surface area contributed by atoms with Gasteiger partial charge >= 0.3 is 0 Å². The minimum Gasteiger partial charge on any atom is -0.375 e. The quantitative estimate of drug-likeness (QED) is 0.761. The second-order valence-corrected chi connectivity index (χ2v) is 6.09. The molecule has 1 aromatic heterocycles. The van der Waals surface area contributed by atoms with E-state index in [0.29, 0.717) is 12.0 Å². The summed E-state index contributed by atoms with van der Waals surface area (Å²) in [5.74, 6) is 0. The van der Waals surface area contributed by atoms with Crippen molar-refractivity contribution >= 4 is 16.5 Å². The molecule has 0 unspecified atom stereocenters. The molecule has 1 rings (SSSR count). The van der Waals surface area contributed by atoms with Crippen molar-refractivity contribution in [3.05, 3.63) is 5.69 Å². The molecule has 98 valence electrons. The van der Waals surface area contributed by atoms with E-state index in [4.69, 9.17) is 4.74 Å². The maximum absolute atomic E-state index is 5.64. The molecule has 0 spiro atoms. The predicted octanol–water partition coefficient (Wildman–Crippen LogP) is 3.31. The van der Waals surface area contributed by atoms with Gasteiger partial charge in [0.25, 0.3) is 0 Å². The van der Waals surface area contributed by atoms with E-state index in [1.165, 1.54) is 11.5 Å². The molecule has 0 aromatic carbocycles. The van der Waals surface area contributed by atoms with Crippen LogP contribution in [-0.4, -0.2) is 22.7 Å². The lowest BCUT2D eigenvalue weighted by atomic mass is 9.93. The molecule has 1 aromatic rings. The summed E-state index contributed by atoms with van der Waals surface area (Å²) in [6.07, 6.45) is 2.16. The van der Waals surface area contributed by atoms with Crippen molar-refractivity contribution in [3.8, 4) is 0 Å². The van der Waals surface area contributed by atoms with Crippen molar-refractivity contribution in [2.45, 2.75) is 47.1 Å². The van der Waals surface area contributed by atoms with Gasteiger partial charge in [0.15, 0.2) is 0 Å². The SMILES string of the molecule is CCCNc1snnc1COCCC(C)(C)C. The highest BCUT2D eigenvalue weighted by molar-refractivity contribution is 7.10. The van der Waals surface area contributed by atoms with Crippen LogP contribution in [0.2, 0.25) is 0 Å². The number of ether oxygens (including phenoxy) is 1. The van der Waals surface area contributed by atoms with Crippen molar-refractivity contribution in [1.82, 2.24) is 9.59 Å². The van der Waals surface area contributed by atoms with E-state index in [9.17, 15) is 0 Å². The Bertz CT molecular complexity index is 320. The zero-order valence-corrected chi connectivity index (χ0v) is 12.1. The zero-order valence-electron chi connectivity index (χ0n) is 11.2. The smallest absolute Gasteiger partial charge is 0.135 e. The van der Waals surface area contributed by atoms with E-state index in [-0.39, 0.29) is 0 Å². The second kappa shape index (κ2) is 6.91. The fraction of sp³-hybridized carbons (Fsp3) is 0.833. The van der Waals surface area contributed by atoms with E-state index in [1.807, 2.05) is 0 Å². The standard InChI is InChI=1S/C12H23N3OS/c1-5-7-13-11-10(14-15-17-11)9-16-8-6-12(2,3)4/h13H,5-9H2,1-4H3. The van der Waals surface area contributed by atoms with Gasteiger partial charge in [-0.25, -0.2) is 0 Å². The topological polar surface area (TPSA) is 47.0 Å². The van der Waals surface area contributed by atoms with Crippen LogP contribution in [0, 0.1) is 5.41 Å². The first-order valence-corrected chi connectivity index (χ1v) is 6.93. The number of nitrogens with zero attached hydrogens (tertiary/aromatic N) is 2. The third-order valence-electron chi connectivity index (χ3n) is 2.33. The molecule has 5 heteroatoms. The van der Waals surface area contributed by atoms with Gasteiger partial charge in [0.1, 0.15) is 10.7 Å². The maximum Gasteiger partial charge on any atom is 0.135 e. The van der Waals surface area contributed by atoms with Gasteiger partial charge in [0.2, 0.25) is 0 Å². The van der Waals surface area contributed by atoms with E-state index in [1.54, 1.807) is 0 Å². The number of hydrogen-bond donors (Lipinski definition) is 1. The van der Waals surface area contributed by atoms with Crippen molar-refractivity contribution < 1.29 is 4.74 Å². The molecule has 17 heavy (non-hydrogen) atoms. The van der Waals surface area contributed by atoms with Gasteiger partial charge in [-0.15, -0.1) is 5.10 Å². The van der Waals surface area contributed by atoms with Gasteiger partial charge in [-0.05, 0) is 18.3 Å². The van der Waals surface area contributed by atoms with Crippen LogP contribution < -0.4 is 5.32 Å². The van der Waals surface area contributed by atoms with E-state index in [2.05, 4.69) is 42.6 Å². The number of anilines is 1. The van der Waals surface area contributed by atoms with Crippen LogP contribution in [-0.2, 0) is 11.3 Å². The van der Waals surface area contributed by atoms with Gasteiger partial charge in [-0.1, -0.05) is 32.2 Å². The number of nitrogens with one attached hydrogen (secondary N) is 1. The summed E-state index contributed by atoms with van der Waals surface area (Å²) >= 11 is 1.40. The van der Waals surface area contributed by atoms with Crippen molar-refractivity contribution in [2.24, 2.45) is 5.41 Å². The van der Waals surface area contributed by atoms with E-state index < -0.39 is 0 Å². The molecule has 1 heterocycles. The third kappa shape index (κ3) is 5.98. The van der Waals surface area contributed by atoms with Gasteiger partial charge in [0, 0.05) is 24.7 Å². The fourth-order valence-corrected chi connectivity index (χ4v) is 1.82. The third-order valence-corrected chi connectivity index (χ3v) is 3.05. The molecule has 0 aliphatic heterocycles. The molecule has 0 fully saturated rings. The first-order chi connectivity index (χ1) is 8.03. The Hall–Kier alpha value is -0.680. The lowest BCUT2D eigenvalue weighted by Crippen LogP contribution is -2.10. The van der Waals surface area contributed by atoms with Gasteiger partial charge in [0.05, 0.1) is 6.61 Å². The summed E-state index contributed by atoms with van der Waals surface area (Å²) in [5.41, 5.74) is 1.25. The van der Waals surface area contributed by atoms with Crippen molar-refractivity contribution in [1.29, 1.82) is 0 Å². The molecule has 0 amide bonds. The Kier molecular flexibility index (Phi) is 5.85. The zero-order chi connectivity index (χ0) is 12.7. The molecule has 0 aliphatic rings. The molecule has 0 radical (unpaired) electrons. The van der Waals surface area contributed by atoms with Crippen LogP contribution in [0.3, 0.4) is 0 Å². The van der Waals surface area contributed by atoms with Gasteiger partial charge < -0.3 is 10.1 Å². The summed E-state index contributed by atoms with van der Waals surface area (Å²) in [5, 5.41) is 8.44. The highest BCUT2D eigenvalue weighted by Gasteiger charge is 2.11. The molecule has 0 saturated carbocycles. The summed E-state index contributed by atoms with van der Waals surface area (Å²) in [7, 11) is 0. The molecule has 0 atom stereocenters. The fourth-order valence-electron chi connectivity index (χ4n) is 1.22. The average Bonchev–Trinajstić information content (AvgIpc) is 2.67. The Morgan fingerprint density at radius 3 is 2.76 bits per heavy atom. The lowest BCUT2D eigenvalue weighted by molar-refractivity contribution is 0.0944. The summed E-state index contributed by atoms with van der Waals surface area (Å²) in [6, 6.07) is 0. The minimum atomic E-state index is 0.323. The number of hydrogen-bond acceptors (Lipinski definition) is 5. The number of rotatable bonds is 7. The van der Waals surface area contributed by atoms with Crippen LogP contribution in [0.1, 0.15) is 46.2 Å². The Morgan fingerprint density at radius 1 is 1.35 bits per heavy atom. The van der Waals surface area contributed by atoms with Crippen LogP contribution in [0.25, 0.3) is 0 Å². The Balaban J connectivity index is 2.29. The molecule has 0 saturated heterocycles. The molecule has 1 N–H and O–H groups in total. The molecular formula is C12H23N3OS. The van der Waals surface area contributed by atoms with Gasteiger partial charge in [-0.2, -0.15) is 0 Å². The Labute approximate surface area is 108 Å². The van der Waals surface area contributed by atoms with Crippen LogP contribution in [0.4, 0.5) is 5.00 Å². The van der Waals surface area contributed by atoms with E-state index in [0.717, 1.165) is 36.7 Å². The van der Waals surface area contributed by atoms with E-state index >= 15 is 0 Å². The molecular weight excluding hydrogens is 234 g/mol. The summed E-state index contributed by atoms with van der Waals surface area (Å²) < 4.78 is 9.59. The Morgan fingerprint density at radius 2 is 2.12 bits per heavy atom. The van der Waals surface area contributed by atoms with Gasteiger partial charge in [-0.3, -0.25) is 0 Å². The van der Waals surface area contributed by atoms with Crippen LogP contribution in [0.5, 0.6) is 0 Å².